The van der Waals surface area contributed by atoms with Gasteiger partial charge in [-0.2, -0.15) is 4.98 Å². The molecule has 0 spiro atoms. The van der Waals surface area contributed by atoms with Gasteiger partial charge < -0.3 is 30.5 Å². The fourth-order valence-electron chi connectivity index (χ4n) is 9.21. The van der Waals surface area contributed by atoms with E-state index in [0.29, 0.717) is 29.5 Å². The summed E-state index contributed by atoms with van der Waals surface area (Å²) in [5.74, 6) is 1.47. The number of hydrogen-bond donors (Lipinski definition) is 3. The largest absolute Gasteiger partial charge is 0.489 e. The second kappa shape index (κ2) is 18.5. The van der Waals surface area contributed by atoms with Crippen LogP contribution < -0.4 is 25.6 Å². The van der Waals surface area contributed by atoms with Crippen LogP contribution >= 0.6 is 11.6 Å². The van der Waals surface area contributed by atoms with E-state index >= 15 is 0 Å². The lowest BCUT2D eigenvalue weighted by Gasteiger charge is -2.43. The van der Waals surface area contributed by atoms with Crippen LogP contribution in [-0.2, 0) is 22.9 Å². The first-order valence-electron chi connectivity index (χ1n) is 21.9. The van der Waals surface area contributed by atoms with Crippen LogP contribution in [0.25, 0.3) is 0 Å². The average molecular weight is 871 g/mol. The molecular weight excluding hydrogens is 810 g/mol. The number of halogens is 1. The van der Waals surface area contributed by atoms with Crippen LogP contribution in [0, 0.1) is 6.92 Å². The van der Waals surface area contributed by atoms with Crippen molar-refractivity contribution < 1.29 is 17.9 Å². The number of aryl methyl sites for hydroxylation is 1. The van der Waals surface area contributed by atoms with Crippen molar-refractivity contribution in [1.29, 1.82) is 0 Å². The Morgan fingerprint density at radius 2 is 1.69 bits per heavy atom. The van der Waals surface area contributed by atoms with Crippen LogP contribution in [0.15, 0.2) is 65.7 Å². The van der Waals surface area contributed by atoms with Crippen molar-refractivity contribution in [3.8, 4) is 5.75 Å². The van der Waals surface area contributed by atoms with E-state index < -0.39 is 15.1 Å². The van der Waals surface area contributed by atoms with E-state index in [1.54, 1.807) is 38.1 Å². The van der Waals surface area contributed by atoms with Crippen molar-refractivity contribution in [2.45, 2.75) is 102 Å². The van der Waals surface area contributed by atoms with E-state index in [4.69, 9.17) is 16.3 Å². The summed E-state index contributed by atoms with van der Waals surface area (Å²) in [6, 6.07) is 18.3. The topological polar surface area (TPSA) is 135 Å². The third kappa shape index (κ3) is 9.63. The van der Waals surface area contributed by atoms with E-state index in [-0.39, 0.29) is 27.7 Å². The average Bonchev–Trinajstić information content (AvgIpc) is 3.58. The molecule has 4 aromatic rings. The maximum atomic E-state index is 13.2. The summed E-state index contributed by atoms with van der Waals surface area (Å²) < 4.78 is 32.6. The monoisotopic (exact) mass is 869 g/mol. The lowest BCUT2D eigenvalue weighted by Crippen LogP contribution is -2.53. The van der Waals surface area contributed by atoms with Gasteiger partial charge in [0.1, 0.15) is 10.8 Å². The number of aromatic nitrogens is 2. The zero-order chi connectivity index (χ0) is 42.8. The van der Waals surface area contributed by atoms with Crippen LogP contribution in [0.1, 0.15) is 80.4 Å². The Balaban J connectivity index is 0.874. The van der Waals surface area contributed by atoms with Gasteiger partial charge in [-0.1, -0.05) is 35.9 Å². The van der Waals surface area contributed by atoms with Gasteiger partial charge in [0.25, 0.3) is 5.91 Å². The van der Waals surface area contributed by atoms with Crippen molar-refractivity contribution >= 4 is 56.2 Å². The molecule has 4 aliphatic heterocycles. The quantitative estimate of drug-likeness (QED) is 0.124. The van der Waals surface area contributed by atoms with Crippen LogP contribution in [0.5, 0.6) is 5.75 Å². The van der Waals surface area contributed by atoms with Gasteiger partial charge >= 0.3 is 0 Å². The number of piperidine rings is 2. The molecule has 3 N–H and O–H groups in total. The summed E-state index contributed by atoms with van der Waals surface area (Å²) in [7, 11) is -3.56. The molecular formula is C46H60ClN9O4S. The molecule has 5 heterocycles. The Bertz CT molecular complexity index is 2320. The molecule has 0 aliphatic carbocycles. The summed E-state index contributed by atoms with van der Waals surface area (Å²) in [6.07, 6.45) is 5.84. The van der Waals surface area contributed by atoms with Gasteiger partial charge in [0, 0.05) is 88.3 Å². The highest BCUT2D eigenvalue weighted by Gasteiger charge is 2.34. The third-order valence-electron chi connectivity index (χ3n) is 12.6. The van der Waals surface area contributed by atoms with E-state index in [2.05, 4.69) is 82.8 Å². The molecule has 1 unspecified atom stereocenters. The molecule has 1 atom stereocenters. The fraction of sp³-hybridized carbons (Fsp3) is 0.500. The van der Waals surface area contributed by atoms with Gasteiger partial charge in [-0.15, -0.1) is 0 Å². The molecule has 0 bridgehead atoms. The molecule has 3 fully saturated rings. The third-order valence-corrected chi connectivity index (χ3v) is 15.1. The number of fused-ring (bicyclic) bond motifs is 1. The number of carbonyl (C=O) groups is 1. The van der Waals surface area contributed by atoms with Crippen LogP contribution in [-0.4, -0.2) is 115 Å². The summed E-state index contributed by atoms with van der Waals surface area (Å²) >= 11 is 6.54. The molecule has 8 rings (SSSR count). The van der Waals surface area contributed by atoms with Crippen molar-refractivity contribution in [3.05, 3.63) is 88.1 Å². The van der Waals surface area contributed by atoms with E-state index in [9.17, 15) is 13.2 Å². The molecule has 0 saturated carbocycles. The number of sulfone groups is 1. The molecule has 0 radical (unpaired) electrons. The molecule has 4 aliphatic rings. The Morgan fingerprint density at radius 3 is 2.41 bits per heavy atom. The zero-order valence-electron chi connectivity index (χ0n) is 36.1. The first kappa shape index (κ1) is 43.2. The molecule has 1 aromatic heterocycles. The number of benzene rings is 3. The minimum absolute atomic E-state index is 0.0652. The van der Waals surface area contributed by atoms with Gasteiger partial charge in [0.05, 0.1) is 33.8 Å². The highest BCUT2D eigenvalue weighted by molar-refractivity contribution is 7.92. The SMILES string of the molecule is Cc1cc(Nc2ncc(Cl)c(Nc3ccccc3S(=O)(=O)C(C)C)n2)c(OC(C)C)cc1N1CCC(N2CCN(Cc3ccc4c(c3)CN(C3CCCNC3)C4=O)CC2)CC1. The normalized spacial score (nSPS) is 19.5. The number of nitrogens with one attached hydrogen (secondary N) is 3. The van der Waals surface area contributed by atoms with E-state index in [1.165, 1.54) is 17.3 Å². The lowest BCUT2D eigenvalue weighted by atomic mass is 10.00. The number of hydrogen-bond acceptors (Lipinski definition) is 12. The second-order valence-electron chi connectivity index (χ2n) is 17.5. The predicted octanol–water partition coefficient (Wildman–Crippen LogP) is 7.39. The van der Waals surface area contributed by atoms with Crippen LogP contribution in [0.4, 0.5) is 28.8 Å². The summed E-state index contributed by atoms with van der Waals surface area (Å²) in [4.78, 5) is 32.3. The Hall–Kier alpha value is -4.47. The van der Waals surface area contributed by atoms with Crippen LogP contribution in [0.2, 0.25) is 5.02 Å². The Kier molecular flexibility index (Phi) is 13.1. The molecule has 3 aromatic carbocycles. The van der Waals surface area contributed by atoms with Gasteiger partial charge in [0.15, 0.2) is 15.7 Å². The fourth-order valence-corrected chi connectivity index (χ4v) is 10.5. The van der Waals surface area contributed by atoms with Crippen molar-refractivity contribution in [2.24, 2.45) is 0 Å². The second-order valence-corrected chi connectivity index (χ2v) is 20.4. The van der Waals surface area contributed by atoms with Crippen LogP contribution in [0.3, 0.4) is 0 Å². The number of nitrogens with zero attached hydrogens (tertiary/aromatic N) is 6. The highest BCUT2D eigenvalue weighted by atomic mass is 35.5. The summed E-state index contributed by atoms with van der Waals surface area (Å²) in [5.41, 5.74) is 6.75. The molecule has 3 saturated heterocycles. The molecule has 326 valence electrons. The Morgan fingerprint density at radius 1 is 0.918 bits per heavy atom. The van der Waals surface area contributed by atoms with Gasteiger partial charge in [-0.05, 0) is 108 Å². The van der Waals surface area contributed by atoms with Gasteiger partial charge in [-0.25, -0.2) is 13.4 Å². The van der Waals surface area contributed by atoms with Crippen molar-refractivity contribution in [1.82, 2.24) is 30.0 Å². The predicted molar refractivity (Wildman–Crippen MR) is 244 cm³/mol. The number of anilines is 5. The first-order chi connectivity index (χ1) is 29.3. The maximum Gasteiger partial charge on any atom is 0.254 e. The minimum Gasteiger partial charge on any atom is -0.489 e. The number of ether oxygens (including phenoxy) is 1. The number of piperazine rings is 1. The van der Waals surface area contributed by atoms with Crippen molar-refractivity contribution in [3.63, 3.8) is 0 Å². The molecule has 61 heavy (non-hydrogen) atoms. The summed E-state index contributed by atoms with van der Waals surface area (Å²) in [5, 5.41) is 9.61. The minimum atomic E-state index is -3.56. The van der Waals surface area contributed by atoms with E-state index in [0.717, 1.165) is 114 Å². The lowest BCUT2D eigenvalue weighted by molar-refractivity contribution is 0.0674. The van der Waals surface area contributed by atoms with Gasteiger partial charge in [-0.3, -0.25) is 14.6 Å². The van der Waals surface area contributed by atoms with Crippen molar-refractivity contribution in [2.75, 3.05) is 67.9 Å². The molecule has 1 amide bonds. The Labute approximate surface area is 366 Å². The number of para-hydroxylation sites is 1. The zero-order valence-corrected chi connectivity index (χ0v) is 37.7. The van der Waals surface area contributed by atoms with Gasteiger partial charge in [0.2, 0.25) is 5.95 Å². The number of amides is 1. The number of carbonyl (C=O) groups excluding carboxylic acids is 1. The maximum absolute atomic E-state index is 13.2. The highest BCUT2D eigenvalue weighted by Crippen LogP contribution is 2.38. The molecule has 15 heteroatoms. The van der Waals surface area contributed by atoms with E-state index in [1.807, 2.05) is 13.8 Å². The smallest absolute Gasteiger partial charge is 0.254 e. The number of rotatable bonds is 13. The summed E-state index contributed by atoms with van der Waals surface area (Å²) in [6.45, 7) is 19.2. The molecule has 13 nitrogen and oxygen atoms in total. The standard InChI is InChI=1S/C46H60ClN9O4S/c1-30(2)60-42-25-41(32(5)23-40(42)51-46-49-27-38(47)44(52-46)50-39-10-6-7-11-43(39)61(58,59)31(3)4)55-17-14-35(15-18-55)54-21-19-53(20-22-54)28-33-12-13-37-34(24-33)29-56(45(37)57)36-9-8-16-48-26-36/h6-7,10-13,23-25,27,30-31,35-36,48H,8-9,14-22,26,28-29H2,1-5H3,(H2,49,50,51,52). The first-order valence-corrected chi connectivity index (χ1v) is 23.8.